The molecule has 1 aliphatic carbocycles. The Kier molecular flexibility index (Phi) is 8.39. The lowest BCUT2D eigenvalue weighted by Gasteiger charge is -2.24. The van der Waals surface area contributed by atoms with E-state index in [1.165, 1.54) is 13.8 Å². The van der Waals surface area contributed by atoms with Gasteiger partial charge in [0.15, 0.2) is 0 Å². The van der Waals surface area contributed by atoms with Crippen molar-refractivity contribution in [1.82, 2.24) is 0 Å². The van der Waals surface area contributed by atoms with E-state index in [4.69, 9.17) is 14.2 Å². The van der Waals surface area contributed by atoms with Crippen molar-refractivity contribution in [2.45, 2.75) is 78.3 Å². The molecule has 7 heteroatoms. The molecule has 0 amide bonds. The zero-order chi connectivity index (χ0) is 23.3. The molecule has 5 unspecified atom stereocenters. The zero-order valence-electron chi connectivity index (χ0n) is 18.8. The topological polar surface area (TPSA) is 99.1 Å². The maximum Gasteiger partial charge on any atom is 0.334 e. The van der Waals surface area contributed by atoms with Crippen LogP contribution in [0.15, 0.2) is 47.1 Å². The minimum atomic E-state index is -0.897. The van der Waals surface area contributed by atoms with Crippen LogP contribution in [0.5, 0.6) is 0 Å². The zero-order valence-corrected chi connectivity index (χ0v) is 18.8. The van der Waals surface area contributed by atoms with Gasteiger partial charge in [0.1, 0.15) is 18.3 Å². The highest BCUT2D eigenvalue weighted by atomic mass is 16.6. The van der Waals surface area contributed by atoms with Crippen LogP contribution in [0.2, 0.25) is 0 Å². The SMILES string of the molecule is C=C1C(=O)OC2C=C(C)CC(OC(C)=O)C=C(C)CC(OC(C)=O)C=C(C)CC(O)C12. The third kappa shape index (κ3) is 7.21. The molecule has 170 valence electrons. The molecule has 1 heterocycles. The quantitative estimate of drug-likeness (QED) is 0.309. The van der Waals surface area contributed by atoms with Gasteiger partial charge in [-0.05, 0) is 45.4 Å². The average molecular weight is 433 g/mol. The van der Waals surface area contributed by atoms with Crippen molar-refractivity contribution < 1.29 is 33.7 Å². The van der Waals surface area contributed by atoms with Gasteiger partial charge in [0.05, 0.1) is 12.0 Å². The van der Waals surface area contributed by atoms with Gasteiger partial charge in [-0.2, -0.15) is 0 Å². The molecule has 0 aromatic carbocycles. The maximum atomic E-state index is 12.1. The predicted octanol–water partition coefficient (Wildman–Crippen LogP) is 3.33. The number of aliphatic hydroxyl groups excluding tert-OH is 1. The first-order valence-corrected chi connectivity index (χ1v) is 10.4. The van der Waals surface area contributed by atoms with E-state index >= 15 is 0 Å². The van der Waals surface area contributed by atoms with Crippen molar-refractivity contribution in [1.29, 1.82) is 0 Å². The van der Waals surface area contributed by atoms with Crippen molar-refractivity contribution in [2.75, 3.05) is 0 Å². The monoisotopic (exact) mass is 432 g/mol. The average Bonchev–Trinajstić information content (AvgIpc) is 2.85. The molecule has 0 bridgehead atoms. The number of hydrogen-bond acceptors (Lipinski definition) is 7. The number of carbonyl (C=O) groups is 3. The smallest absolute Gasteiger partial charge is 0.334 e. The minimum Gasteiger partial charge on any atom is -0.458 e. The number of carbonyl (C=O) groups excluding carboxylic acids is 3. The number of rotatable bonds is 2. The van der Waals surface area contributed by atoms with E-state index in [-0.39, 0.29) is 12.0 Å². The van der Waals surface area contributed by atoms with Crippen LogP contribution in [0, 0.1) is 5.92 Å². The molecular weight excluding hydrogens is 400 g/mol. The summed E-state index contributed by atoms with van der Waals surface area (Å²) < 4.78 is 16.3. The standard InChI is InChI=1S/C24H32O7/c1-13-7-19(29-17(5)25)9-14(2)11-21(27)23-16(4)24(28)31-22(23)12-15(3)10-20(8-13)30-18(6)26/h8-9,12,19-23,27H,4,7,10-11H2,1-3,5-6H3. The third-order valence-corrected chi connectivity index (χ3v) is 5.28. The molecule has 5 atom stereocenters. The van der Waals surface area contributed by atoms with Crippen LogP contribution in [0.4, 0.5) is 0 Å². The van der Waals surface area contributed by atoms with Crippen molar-refractivity contribution in [3.8, 4) is 0 Å². The summed E-state index contributed by atoms with van der Waals surface area (Å²) in [6, 6.07) is 0. The van der Waals surface area contributed by atoms with Gasteiger partial charge in [0, 0.05) is 32.3 Å². The fourth-order valence-corrected chi connectivity index (χ4v) is 4.10. The van der Waals surface area contributed by atoms with Gasteiger partial charge >= 0.3 is 17.9 Å². The highest BCUT2D eigenvalue weighted by molar-refractivity contribution is 5.91. The fraction of sp³-hybridized carbons (Fsp3) is 0.542. The first-order valence-electron chi connectivity index (χ1n) is 10.4. The van der Waals surface area contributed by atoms with Crippen molar-refractivity contribution in [3.05, 3.63) is 47.1 Å². The molecule has 0 spiro atoms. The van der Waals surface area contributed by atoms with Gasteiger partial charge in [-0.25, -0.2) is 4.79 Å². The number of ether oxygens (including phenoxy) is 3. The molecule has 7 nitrogen and oxygen atoms in total. The summed E-state index contributed by atoms with van der Waals surface area (Å²) in [6.45, 7) is 12.1. The van der Waals surface area contributed by atoms with Gasteiger partial charge in [0.25, 0.3) is 0 Å². The van der Waals surface area contributed by atoms with Gasteiger partial charge < -0.3 is 19.3 Å². The molecule has 0 saturated carbocycles. The Balaban J connectivity index is 2.48. The molecule has 2 aliphatic rings. The second kappa shape index (κ2) is 10.6. The molecule has 0 aromatic heterocycles. The van der Waals surface area contributed by atoms with Crippen LogP contribution in [0.25, 0.3) is 0 Å². The van der Waals surface area contributed by atoms with Crippen molar-refractivity contribution in [3.63, 3.8) is 0 Å². The second-order valence-electron chi connectivity index (χ2n) is 8.44. The first kappa shape index (κ1) is 24.6. The van der Waals surface area contributed by atoms with Gasteiger partial charge in [0.2, 0.25) is 0 Å². The molecule has 0 radical (unpaired) electrons. The molecule has 31 heavy (non-hydrogen) atoms. The Morgan fingerprint density at radius 1 is 0.935 bits per heavy atom. The Labute approximate surface area is 183 Å². The molecular formula is C24H32O7. The second-order valence-corrected chi connectivity index (χ2v) is 8.44. The largest absolute Gasteiger partial charge is 0.458 e. The lowest BCUT2D eigenvalue weighted by atomic mass is 9.86. The Hall–Kier alpha value is -2.67. The van der Waals surface area contributed by atoms with E-state index in [1.54, 1.807) is 12.2 Å². The lowest BCUT2D eigenvalue weighted by Crippen LogP contribution is -2.29. The Bertz CT molecular complexity index is 833. The predicted molar refractivity (Wildman–Crippen MR) is 115 cm³/mol. The number of esters is 3. The van der Waals surface area contributed by atoms with Crippen LogP contribution >= 0.6 is 0 Å². The summed E-state index contributed by atoms with van der Waals surface area (Å²) in [5, 5.41) is 10.9. The van der Waals surface area contributed by atoms with Crippen molar-refractivity contribution >= 4 is 17.9 Å². The highest BCUT2D eigenvalue weighted by Crippen LogP contribution is 2.34. The molecule has 1 aliphatic heterocycles. The summed E-state index contributed by atoms with van der Waals surface area (Å²) in [7, 11) is 0. The Morgan fingerprint density at radius 2 is 1.39 bits per heavy atom. The summed E-state index contributed by atoms with van der Waals surface area (Å²) in [4.78, 5) is 35.3. The van der Waals surface area contributed by atoms with Gasteiger partial charge in [-0.3, -0.25) is 9.59 Å². The molecule has 1 saturated heterocycles. The summed E-state index contributed by atoms with van der Waals surface area (Å²) in [5.41, 5.74) is 2.78. The van der Waals surface area contributed by atoms with Crippen LogP contribution in [0.1, 0.15) is 53.9 Å². The van der Waals surface area contributed by atoms with Crippen LogP contribution in [-0.2, 0) is 28.6 Å². The van der Waals surface area contributed by atoms with E-state index < -0.39 is 48.2 Å². The number of fused-ring (bicyclic) bond motifs is 1. The molecule has 1 N–H and O–H groups in total. The molecule has 0 aromatic rings. The summed E-state index contributed by atoms with van der Waals surface area (Å²) in [6.07, 6.45) is 3.92. The van der Waals surface area contributed by atoms with Crippen LogP contribution in [0.3, 0.4) is 0 Å². The van der Waals surface area contributed by atoms with Gasteiger partial charge in [-0.1, -0.05) is 23.3 Å². The minimum absolute atomic E-state index is 0.227. The van der Waals surface area contributed by atoms with Crippen LogP contribution in [-0.4, -0.2) is 47.4 Å². The molecule has 2 rings (SSSR count). The maximum absolute atomic E-state index is 12.1. The molecule has 1 fully saturated rings. The van der Waals surface area contributed by atoms with E-state index in [1.807, 2.05) is 26.8 Å². The van der Waals surface area contributed by atoms with E-state index in [9.17, 15) is 19.5 Å². The number of aliphatic hydroxyl groups is 1. The number of hydrogen-bond donors (Lipinski definition) is 1. The van der Waals surface area contributed by atoms with Crippen LogP contribution < -0.4 is 0 Å². The first-order chi connectivity index (χ1) is 14.5. The van der Waals surface area contributed by atoms with Gasteiger partial charge in [-0.15, -0.1) is 0 Å². The van der Waals surface area contributed by atoms with E-state index in [2.05, 4.69) is 6.58 Å². The Morgan fingerprint density at radius 3 is 1.87 bits per heavy atom. The normalized spacial score (nSPS) is 30.1. The summed E-state index contributed by atoms with van der Waals surface area (Å²) in [5.74, 6) is -1.95. The summed E-state index contributed by atoms with van der Waals surface area (Å²) >= 11 is 0. The van der Waals surface area contributed by atoms with Crippen molar-refractivity contribution in [2.24, 2.45) is 5.92 Å². The fourth-order valence-electron chi connectivity index (χ4n) is 4.10. The van der Waals surface area contributed by atoms with E-state index in [0.717, 1.165) is 16.7 Å². The third-order valence-electron chi connectivity index (χ3n) is 5.28. The lowest BCUT2D eigenvalue weighted by molar-refractivity contribution is -0.144. The highest BCUT2D eigenvalue weighted by Gasteiger charge is 2.42. The van der Waals surface area contributed by atoms with E-state index in [0.29, 0.717) is 12.8 Å².